The normalized spacial score (nSPS) is 15.2. The predicted molar refractivity (Wildman–Crippen MR) is 128 cm³/mol. The minimum absolute atomic E-state index is 0.0198. The zero-order chi connectivity index (χ0) is 20.8. The Morgan fingerprint density at radius 1 is 1.04 bits per heavy atom. The highest BCUT2D eigenvalue weighted by Gasteiger charge is 2.26. The Kier molecular flexibility index (Phi) is 12.4. The third-order valence-corrected chi connectivity index (χ3v) is 5.43. The summed E-state index contributed by atoms with van der Waals surface area (Å²) < 4.78 is 0. The van der Waals surface area contributed by atoms with Gasteiger partial charge in [0.2, 0.25) is 0 Å². The van der Waals surface area contributed by atoms with Crippen LogP contribution in [0.3, 0.4) is 0 Å². The fourth-order valence-corrected chi connectivity index (χ4v) is 4.12. The number of hydrogen-bond acceptors (Lipinski definition) is 4. The monoisotopic (exact) mass is 416 g/mol. The molecule has 1 fully saturated rings. The second-order valence-corrected chi connectivity index (χ2v) is 7.32. The van der Waals surface area contributed by atoms with E-state index in [0.717, 1.165) is 23.9 Å². The van der Waals surface area contributed by atoms with E-state index in [4.69, 9.17) is 4.99 Å². The van der Waals surface area contributed by atoms with E-state index < -0.39 is 0 Å². The quantitative estimate of drug-likeness (QED) is 0.543. The smallest absolute Gasteiger partial charge is 0.281 e. The summed E-state index contributed by atoms with van der Waals surface area (Å²) in [6.07, 6.45) is 2.65. The van der Waals surface area contributed by atoms with Gasteiger partial charge in [0.15, 0.2) is 5.17 Å². The molecule has 2 aromatic carbocycles. The molecule has 0 aliphatic carbocycles. The molecule has 2 aromatic rings. The molecule has 3 rings (SSSR count). The van der Waals surface area contributed by atoms with Crippen molar-refractivity contribution in [1.82, 2.24) is 4.90 Å². The highest BCUT2D eigenvalue weighted by molar-refractivity contribution is 8.15. The maximum atomic E-state index is 12.1. The molecular weight excluding hydrogens is 384 g/mol. The van der Waals surface area contributed by atoms with Gasteiger partial charge in [-0.2, -0.15) is 0 Å². The van der Waals surface area contributed by atoms with Crippen LogP contribution >= 0.6 is 23.5 Å². The van der Waals surface area contributed by atoms with Crippen molar-refractivity contribution in [2.24, 2.45) is 4.99 Å². The van der Waals surface area contributed by atoms with Gasteiger partial charge in [-0.05, 0) is 23.8 Å². The third-order valence-electron chi connectivity index (χ3n) is 3.89. The van der Waals surface area contributed by atoms with Gasteiger partial charge in [0.05, 0.1) is 6.04 Å². The molecule has 152 valence electrons. The number of carbonyl (C=O) groups excluding carboxylic acids is 1. The number of benzene rings is 2. The van der Waals surface area contributed by atoms with E-state index in [-0.39, 0.29) is 11.3 Å². The summed E-state index contributed by atoms with van der Waals surface area (Å²) in [6, 6.07) is 20.7. The average molecular weight is 417 g/mol. The van der Waals surface area contributed by atoms with Gasteiger partial charge in [0.1, 0.15) is 0 Å². The van der Waals surface area contributed by atoms with Crippen LogP contribution in [-0.4, -0.2) is 33.9 Å². The largest absolute Gasteiger partial charge is 0.287 e. The molecule has 1 heterocycles. The first-order valence-corrected chi connectivity index (χ1v) is 12.1. The van der Waals surface area contributed by atoms with Crippen LogP contribution in [0.5, 0.6) is 0 Å². The maximum absolute atomic E-state index is 12.1. The average Bonchev–Trinajstić information content (AvgIpc) is 3.25. The van der Waals surface area contributed by atoms with Crippen molar-refractivity contribution in [3.63, 3.8) is 0 Å². The van der Waals surface area contributed by atoms with E-state index in [1.54, 1.807) is 16.7 Å². The molecule has 0 radical (unpaired) electrons. The van der Waals surface area contributed by atoms with Crippen LogP contribution in [0, 0.1) is 0 Å². The van der Waals surface area contributed by atoms with Crippen LogP contribution in [0.2, 0.25) is 0 Å². The molecule has 0 spiro atoms. The minimum Gasteiger partial charge on any atom is -0.281 e. The molecular formula is C23H32N2OS2. The SMILES string of the molecule is CC.CC.CSC(=O)N1CCSC1=NC(Cc1ccccc1)c1ccccc1. The summed E-state index contributed by atoms with van der Waals surface area (Å²) in [7, 11) is 0. The Morgan fingerprint density at radius 2 is 1.61 bits per heavy atom. The van der Waals surface area contributed by atoms with Crippen molar-refractivity contribution in [2.45, 2.75) is 40.2 Å². The van der Waals surface area contributed by atoms with Crippen molar-refractivity contribution < 1.29 is 4.79 Å². The molecule has 0 saturated carbocycles. The van der Waals surface area contributed by atoms with E-state index >= 15 is 0 Å². The lowest BCUT2D eigenvalue weighted by Gasteiger charge is -2.18. The van der Waals surface area contributed by atoms with E-state index in [0.29, 0.717) is 0 Å². The number of thioether (sulfide) groups is 2. The standard InChI is InChI=1S/C19H20N2OS2.2C2H6/c1-23-19(22)21-12-13-24-18(21)20-17(16-10-6-3-7-11-16)14-15-8-4-2-5-9-15;2*1-2/h2-11,17H,12-14H2,1H3;2*1-2H3. The van der Waals surface area contributed by atoms with Crippen LogP contribution in [0.15, 0.2) is 65.7 Å². The Balaban J connectivity index is 0.000000921. The van der Waals surface area contributed by atoms with Crippen LogP contribution in [0.4, 0.5) is 4.79 Å². The molecule has 1 amide bonds. The van der Waals surface area contributed by atoms with Gasteiger partial charge in [-0.3, -0.25) is 14.7 Å². The van der Waals surface area contributed by atoms with Crippen LogP contribution in [-0.2, 0) is 6.42 Å². The molecule has 1 atom stereocenters. The molecule has 1 saturated heterocycles. The molecule has 28 heavy (non-hydrogen) atoms. The maximum Gasteiger partial charge on any atom is 0.287 e. The molecule has 1 aliphatic rings. The first-order chi connectivity index (χ1) is 13.8. The summed E-state index contributed by atoms with van der Waals surface area (Å²) >= 11 is 2.92. The highest BCUT2D eigenvalue weighted by Crippen LogP contribution is 2.28. The van der Waals surface area contributed by atoms with E-state index in [9.17, 15) is 4.79 Å². The summed E-state index contributed by atoms with van der Waals surface area (Å²) in [5.41, 5.74) is 2.43. The van der Waals surface area contributed by atoms with Gasteiger partial charge in [-0.15, -0.1) is 0 Å². The second kappa shape index (κ2) is 14.3. The van der Waals surface area contributed by atoms with E-state index in [1.807, 2.05) is 58.2 Å². The fraction of sp³-hybridized carbons (Fsp3) is 0.391. The van der Waals surface area contributed by atoms with Crippen molar-refractivity contribution in [2.75, 3.05) is 18.6 Å². The lowest BCUT2D eigenvalue weighted by molar-refractivity contribution is 0.246. The lowest BCUT2D eigenvalue weighted by Crippen LogP contribution is -2.28. The zero-order valence-electron chi connectivity index (χ0n) is 17.6. The molecule has 0 N–H and O–H groups in total. The lowest BCUT2D eigenvalue weighted by atomic mass is 9.99. The molecule has 1 aliphatic heterocycles. The van der Waals surface area contributed by atoms with Crippen LogP contribution in [0.25, 0.3) is 0 Å². The Bertz CT molecular complexity index is 705. The first kappa shape index (κ1) is 24.3. The predicted octanol–water partition coefficient (Wildman–Crippen LogP) is 6.91. The van der Waals surface area contributed by atoms with Crippen molar-refractivity contribution in [1.29, 1.82) is 0 Å². The summed E-state index contributed by atoms with van der Waals surface area (Å²) in [5, 5.41) is 0.921. The molecule has 3 nitrogen and oxygen atoms in total. The third kappa shape index (κ3) is 7.36. The fourth-order valence-electron chi connectivity index (χ4n) is 2.67. The first-order valence-electron chi connectivity index (χ1n) is 9.93. The summed E-state index contributed by atoms with van der Waals surface area (Å²) in [6.45, 7) is 8.75. The zero-order valence-corrected chi connectivity index (χ0v) is 19.2. The van der Waals surface area contributed by atoms with Gasteiger partial charge in [0, 0.05) is 12.3 Å². The molecule has 0 bridgehead atoms. The van der Waals surface area contributed by atoms with Crippen molar-refractivity contribution in [3.05, 3.63) is 71.8 Å². The Labute approximate surface area is 179 Å². The topological polar surface area (TPSA) is 32.7 Å². The number of carbonyl (C=O) groups is 1. The van der Waals surface area contributed by atoms with Crippen LogP contribution < -0.4 is 0 Å². The van der Waals surface area contributed by atoms with E-state index in [1.165, 1.54) is 22.9 Å². The number of nitrogens with zero attached hydrogens (tertiary/aromatic N) is 2. The van der Waals surface area contributed by atoms with Gasteiger partial charge >= 0.3 is 0 Å². The number of rotatable bonds is 4. The molecule has 5 heteroatoms. The molecule has 0 aromatic heterocycles. The molecule has 1 unspecified atom stereocenters. The van der Waals surface area contributed by atoms with Crippen LogP contribution in [0.1, 0.15) is 44.9 Å². The van der Waals surface area contributed by atoms with E-state index in [2.05, 4.69) is 36.4 Å². The number of amidine groups is 1. The van der Waals surface area contributed by atoms with Gasteiger partial charge in [-0.1, -0.05) is 112 Å². The second-order valence-electron chi connectivity index (χ2n) is 5.50. The summed E-state index contributed by atoms with van der Waals surface area (Å²) in [4.78, 5) is 18.9. The number of amides is 1. The van der Waals surface area contributed by atoms with Gasteiger partial charge in [0.25, 0.3) is 5.24 Å². The summed E-state index contributed by atoms with van der Waals surface area (Å²) in [5.74, 6) is 0.915. The number of aliphatic imine (C=N–C) groups is 1. The van der Waals surface area contributed by atoms with Gasteiger partial charge in [-0.25, -0.2) is 0 Å². The Hall–Kier alpha value is -1.72. The number of hydrogen-bond donors (Lipinski definition) is 0. The van der Waals surface area contributed by atoms with Crippen molar-refractivity contribution >= 4 is 33.9 Å². The van der Waals surface area contributed by atoms with Crippen molar-refractivity contribution in [3.8, 4) is 0 Å². The minimum atomic E-state index is 0.0198. The Morgan fingerprint density at radius 3 is 2.18 bits per heavy atom. The highest BCUT2D eigenvalue weighted by atomic mass is 32.2. The van der Waals surface area contributed by atoms with Gasteiger partial charge < -0.3 is 0 Å².